The van der Waals surface area contributed by atoms with Crippen LogP contribution in [-0.4, -0.2) is 14.6 Å². The lowest BCUT2D eigenvalue weighted by Gasteiger charge is -2.06. The average Bonchev–Trinajstić information content (AvgIpc) is 2.75. The van der Waals surface area contributed by atoms with E-state index in [1.165, 1.54) is 0 Å². The van der Waals surface area contributed by atoms with E-state index in [-0.39, 0.29) is 5.56 Å². The third-order valence-electron chi connectivity index (χ3n) is 3.70. The molecule has 2 aromatic rings. The molecule has 0 aliphatic rings. The summed E-state index contributed by atoms with van der Waals surface area (Å²) in [5.74, 6) is 1.32. The molecule has 0 spiro atoms. The molecule has 0 aliphatic heterocycles. The smallest absolute Gasteiger partial charge is 0.274 e. The molecule has 4 nitrogen and oxygen atoms in total. The maximum atomic E-state index is 12.3. The van der Waals surface area contributed by atoms with Crippen molar-refractivity contribution in [2.45, 2.75) is 52.9 Å². The lowest BCUT2D eigenvalue weighted by atomic mass is 10.0. The lowest BCUT2D eigenvalue weighted by Crippen LogP contribution is -2.20. The molecule has 2 aromatic heterocycles. The van der Waals surface area contributed by atoms with Crippen molar-refractivity contribution in [3.8, 4) is 0 Å². The molecule has 0 aromatic carbocycles. The minimum atomic E-state index is 0.0391. The second kappa shape index (κ2) is 4.96. The van der Waals surface area contributed by atoms with Gasteiger partial charge in [0.2, 0.25) is 0 Å². The highest BCUT2D eigenvalue weighted by molar-refractivity contribution is 5.43. The molecule has 98 valence electrons. The van der Waals surface area contributed by atoms with Crippen LogP contribution in [0.3, 0.4) is 0 Å². The second-order valence-corrected chi connectivity index (χ2v) is 4.78. The Hall–Kier alpha value is -1.58. The first-order chi connectivity index (χ1) is 8.62. The van der Waals surface area contributed by atoms with Crippen molar-refractivity contribution in [1.82, 2.24) is 14.6 Å². The van der Waals surface area contributed by atoms with E-state index in [0.717, 1.165) is 41.9 Å². The first-order valence-corrected chi connectivity index (χ1v) is 6.73. The number of aromatic amines is 1. The van der Waals surface area contributed by atoms with Crippen LogP contribution in [0.1, 0.15) is 56.5 Å². The van der Waals surface area contributed by atoms with Crippen molar-refractivity contribution >= 4 is 5.65 Å². The van der Waals surface area contributed by atoms with Crippen LogP contribution in [0.4, 0.5) is 0 Å². The van der Waals surface area contributed by atoms with Crippen molar-refractivity contribution in [2.24, 2.45) is 0 Å². The SMILES string of the molecule is CCc1c(C)cc2nc(C(CC)CC)[nH]n2c1=O. The maximum absolute atomic E-state index is 12.3. The molecule has 0 aliphatic carbocycles. The second-order valence-electron chi connectivity index (χ2n) is 4.78. The molecule has 0 amide bonds. The fourth-order valence-corrected chi connectivity index (χ4v) is 2.49. The third kappa shape index (κ3) is 1.96. The monoisotopic (exact) mass is 247 g/mol. The number of rotatable bonds is 4. The number of fused-ring (bicyclic) bond motifs is 1. The van der Waals surface area contributed by atoms with Crippen LogP contribution < -0.4 is 5.56 Å². The molecule has 0 unspecified atom stereocenters. The Morgan fingerprint density at radius 1 is 1.33 bits per heavy atom. The highest BCUT2D eigenvalue weighted by Crippen LogP contribution is 2.20. The molecular weight excluding hydrogens is 226 g/mol. The molecular formula is C14H21N3O. The van der Waals surface area contributed by atoms with Gasteiger partial charge in [-0.15, -0.1) is 0 Å². The summed E-state index contributed by atoms with van der Waals surface area (Å²) >= 11 is 0. The van der Waals surface area contributed by atoms with Gasteiger partial charge in [0, 0.05) is 11.5 Å². The number of nitrogens with one attached hydrogen (secondary N) is 1. The standard InChI is InChI=1S/C14H21N3O/c1-5-10(6-2)13-15-12-8-9(4)11(7-3)14(18)17(12)16-13/h8,10H,5-7H2,1-4H3,(H,15,16). The van der Waals surface area contributed by atoms with E-state index in [4.69, 9.17) is 0 Å². The van der Waals surface area contributed by atoms with E-state index in [1.54, 1.807) is 4.52 Å². The van der Waals surface area contributed by atoms with Gasteiger partial charge in [0.25, 0.3) is 5.56 Å². The van der Waals surface area contributed by atoms with Crippen molar-refractivity contribution in [3.63, 3.8) is 0 Å². The van der Waals surface area contributed by atoms with Crippen LogP contribution in [0.2, 0.25) is 0 Å². The number of H-pyrrole nitrogens is 1. The topological polar surface area (TPSA) is 50.2 Å². The Morgan fingerprint density at radius 3 is 2.56 bits per heavy atom. The summed E-state index contributed by atoms with van der Waals surface area (Å²) in [5.41, 5.74) is 2.67. The highest BCUT2D eigenvalue weighted by Gasteiger charge is 2.14. The van der Waals surface area contributed by atoms with Crippen molar-refractivity contribution in [2.75, 3.05) is 0 Å². The number of hydrogen-bond acceptors (Lipinski definition) is 2. The van der Waals surface area contributed by atoms with Gasteiger partial charge >= 0.3 is 0 Å². The lowest BCUT2D eigenvalue weighted by molar-refractivity contribution is 0.600. The minimum absolute atomic E-state index is 0.0391. The molecule has 0 bridgehead atoms. The molecule has 1 N–H and O–H groups in total. The Kier molecular flexibility index (Phi) is 3.55. The summed E-state index contributed by atoms with van der Waals surface area (Å²) in [7, 11) is 0. The predicted octanol–water partition coefficient (Wildman–Crippen LogP) is 2.80. The third-order valence-corrected chi connectivity index (χ3v) is 3.70. The summed E-state index contributed by atoms with van der Waals surface area (Å²) < 4.78 is 1.58. The first kappa shape index (κ1) is 12.9. The van der Waals surface area contributed by atoms with Gasteiger partial charge in [-0.25, -0.2) is 4.98 Å². The summed E-state index contributed by atoms with van der Waals surface area (Å²) in [6, 6.07) is 1.99. The normalized spacial score (nSPS) is 11.6. The van der Waals surface area contributed by atoms with Crippen LogP contribution >= 0.6 is 0 Å². The minimum Gasteiger partial charge on any atom is -0.276 e. The number of nitrogens with zero attached hydrogens (tertiary/aromatic N) is 2. The molecule has 2 heterocycles. The Labute approximate surface area is 107 Å². The zero-order chi connectivity index (χ0) is 13.3. The van der Waals surface area contributed by atoms with Crippen LogP contribution in [0.25, 0.3) is 5.65 Å². The van der Waals surface area contributed by atoms with Gasteiger partial charge in [-0.05, 0) is 37.8 Å². The van der Waals surface area contributed by atoms with E-state index in [0.29, 0.717) is 5.92 Å². The number of aromatic nitrogens is 3. The number of pyridine rings is 1. The fraction of sp³-hybridized carbons (Fsp3) is 0.571. The van der Waals surface area contributed by atoms with Crippen molar-refractivity contribution < 1.29 is 0 Å². The van der Waals surface area contributed by atoms with Crippen LogP contribution in [0, 0.1) is 6.92 Å². The van der Waals surface area contributed by atoms with Gasteiger partial charge in [-0.2, -0.15) is 4.52 Å². The molecule has 2 rings (SSSR count). The Balaban J connectivity index is 2.65. The van der Waals surface area contributed by atoms with E-state index < -0.39 is 0 Å². The molecule has 4 heteroatoms. The van der Waals surface area contributed by atoms with Gasteiger partial charge in [0.05, 0.1) is 0 Å². The first-order valence-electron chi connectivity index (χ1n) is 6.73. The summed E-state index contributed by atoms with van der Waals surface area (Å²) in [6.45, 7) is 8.28. The van der Waals surface area contributed by atoms with Crippen molar-refractivity contribution in [1.29, 1.82) is 0 Å². The quantitative estimate of drug-likeness (QED) is 0.903. The van der Waals surface area contributed by atoms with E-state index in [2.05, 4.69) is 23.9 Å². The largest absolute Gasteiger partial charge is 0.276 e. The fourth-order valence-electron chi connectivity index (χ4n) is 2.49. The van der Waals surface area contributed by atoms with E-state index in [9.17, 15) is 4.79 Å². The molecule has 0 radical (unpaired) electrons. The van der Waals surface area contributed by atoms with Gasteiger partial charge < -0.3 is 0 Å². The zero-order valence-electron chi connectivity index (χ0n) is 11.6. The summed E-state index contributed by atoms with van der Waals surface area (Å²) in [4.78, 5) is 16.8. The summed E-state index contributed by atoms with van der Waals surface area (Å²) in [6.07, 6.45) is 2.82. The van der Waals surface area contributed by atoms with Gasteiger partial charge in [-0.3, -0.25) is 9.89 Å². The van der Waals surface area contributed by atoms with Crippen LogP contribution in [0.15, 0.2) is 10.9 Å². The Morgan fingerprint density at radius 2 is 2.00 bits per heavy atom. The molecule has 0 atom stereocenters. The van der Waals surface area contributed by atoms with Crippen LogP contribution in [0.5, 0.6) is 0 Å². The summed E-state index contributed by atoms with van der Waals surface area (Å²) in [5, 5.41) is 3.16. The molecule has 0 saturated carbocycles. The molecule has 18 heavy (non-hydrogen) atoms. The molecule has 0 fully saturated rings. The van der Waals surface area contributed by atoms with Crippen LogP contribution in [-0.2, 0) is 6.42 Å². The number of hydrogen-bond donors (Lipinski definition) is 1. The molecule has 0 saturated heterocycles. The van der Waals surface area contributed by atoms with E-state index >= 15 is 0 Å². The van der Waals surface area contributed by atoms with Crippen molar-refractivity contribution in [3.05, 3.63) is 33.4 Å². The zero-order valence-corrected chi connectivity index (χ0v) is 11.6. The highest BCUT2D eigenvalue weighted by atomic mass is 16.1. The number of aryl methyl sites for hydroxylation is 1. The van der Waals surface area contributed by atoms with Gasteiger partial charge in [-0.1, -0.05) is 20.8 Å². The van der Waals surface area contributed by atoms with E-state index in [1.807, 2.05) is 19.9 Å². The van der Waals surface area contributed by atoms with Gasteiger partial charge in [0.1, 0.15) is 5.82 Å². The average molecular weight is 247 g/mol. The Bertz CT molecular complexity index is 605. The van der Waals surface area contributed by atoms with Gasteiger partial charge in [0.15, 0.2) is 5.65 Å². The predicted molar refractivity (Wildman–Crippen MR) is 73.3 cm³/mol. The maximum Gasteiger partial charge on any atom is 0.274 e.